The number of alkyl halides is 1. The quantitative estimate of drug-likeness (QED) is 0.746. The molecule has 0 spiro atoms. The molecule has 0 amide bonds. The Hall–Kier alpha value is -0.820. The lowest BCUT2D eigenvalue weighted by atomic mass is 10.1. The van der Waals surface area contributed by atoms with Gasteiger partial charge in [-0.1, -0.05) is 0 Å². The van der Waals surface area contributed by atoms with Gasteiger partial charge in [0, 0.05) is 19.5 Å². The lowest BCUT2D eigenvalue weighted by molar-refractivity contribution is 0.181. The standard InChI is InChI=1S/C14H20ClNO4S/c1-16(12-6-8-20-10-12)21(17,18)14-4-3-13(19-2)9-11(14)5-7-15/h3-4,9,12H,5-8,10H2,1-2H3. The second-order valence-corrected chi connectivity index (χ2v) is 7.30. The minimum absolute atomic E-state index is 0.110. The molecule has 1 saturated heterocycles. The molecule has 21 heavy (non-hydrogen) atoms. The van der Waals surface area contributed by atoms with Crippen LogP contribution in [0.15, 0.2) is 23.1 Å². The Kier molecular flexibility index (Phi) is 5.48. The molecule has 1 heterocycles. The van der Waals surface area contributed by atoms with E-state index < -0.39 is 10.0 Å². The topological polar surface area (TPSA) is 55.8 Å². The fourth-order valence-electron chi connectivity index (χ4n) is 2.39. The fraction of sp³-hybridized carbons (Fsp3) is 0.571. The summed E-state index contributed by atoms with van der Waals surface area (Å²) in [5, 5.41) is 0. The van der Waals surface area contributed by atoms with E-state index in [-0.39, 0.29) is 6.04 Å². The molecule has 0 aromatic heterocycles. The highest BCUT2D eigenvalue weighted by Crippen LogP contribution is 2.27. The van der Waals surface area contributed by atoms with Crippen LogP contribution in [0.25, 0.3) is 0 Å². The minimum Gasteiger partial charge on any atom is -0.497 e. The summed E-state index contributed by atoms with van der Waals surface area (Å²) in [5.74, 6) is 0.979. The highest BCUT2D eigenvalue weighted by molar-refractivity contribution is 7.89. The van der Waals surface area contributed by atoms with Crippen LogP contribution >= 0.6 is 11.6 Å². The van der Waals surface area contributed by atoms with Gasteiger partial charge in [-0.2, -0.15) is 4.31 Å². The average molecular weight is 334 g/mol. The molecule has 2 rings (SSSR count). The summed E-state index contributed by atoms with van der Waals surface area (Å²) in [6.07, 6.45) is 1.19. The van der Waals surface area contributed by atoms with Crippen molar-refractivity contribution in [2.24, 2.45) is 0 Å². The van der Waals surface area contributed by atoms with E-state index in [0.717, 1.165) is 6.42 Å². The fourth-order valence-corrected chi connectivity index (χ4v) is 4.20. The molecule has 1 fully saturated rings. The predicted octanol–water partition coefficient (Wildman–Crippen LogP) is 1.89. The molecule has 1 aliphatic heterocycles. The van der Waals surface area contributed by atoms with E-state index in [2.05, 4.69) is 0 Å². The largest absolute Gasteiger partial charge is 0.497 e. The first-order valence-corrected chi connectivity index (χ1v) is 8.77. The summed E-state index contributed by atoms with van der Waals surface area (Å²) in [4.78, 5) is 0.290. The Labute approximate surface area is 130 Å². The molecule has 7 heteroatoms. The van der Waals surface area contributed by atoms with Gasteiger partial charge in [0.15, 0.2) is 0 Å². The number of halogens is 1. The third-order valence-electron chi connectivity index (χ3n) is 3.71. The van der Waals surface area contributed by atoms with Crippen LogP contribution in [0, 0.1) is 0 Å². The Morgan fingerprint density at radius 2 is 2.24 bits per heavy atom. The van der Waals surface area contributed by atoms with Gasteiger partial charge in [0.05, 0.1) is 24.7 Å². The summed E-state index contributed by atoms with van der Waals surface area (Å²) in [6.45, 7) is 1.04. The van der Waals surface area contributed by atoms with Crippen molar-refractivity contribution in [1.82, 2.24) is 4.31 Å². The van der Waals surface area contributed by atoms with Gasteiger partial charge in [0.25, 0.3) is 0 Å². The van der Waals surface area contributed by atoms with Crippen LogP contribution < -0.4 is 4.74 Å². The Morgan fingerprint density at radius 1 is 1.48 bits per heavy atom. The Balaban J connectivity index is 2.38. The lowest BCUT2D eigenvalue weighted by Crippen LogP contribution is -2.37. The molecule has 0 bridgehead atoms. The maximum absolute atomic E-state index is 12.8. The van der Waals surface area contributed by atoms with Crippen molar-refractivity contribution in [3.05, 3.63) is 23.8 Å². The zero-order valence-electron chi connectivity index (χ0n) is 12.2. The second kappa shape index (κ2) is 6.96. The molecule has 0 N–H and O–H groups in total. The van der Waals surface area contributed by atoms with Crippen LogP contribution in [0.3, 0.4) is 0 Å². The highest BCUT2D eigenvalue weighted by atomic mass is 35.5. The van der Waals surface area contributed by atoms with E-state index in [1.807, 2.05) is 0 Å². The molecular weight excluding hydrogens is 314 g/mol. The summed E-state index contributed by atoms with van der Waals surface area (Å²) in [5.41, 5.74) is 0.676. The number of nitrogens with zero attached hydrogens (tertiary/aromatic N) is 1. The number of ether oxygens (including phenoxy) is 2. The van der Waals surface area contributed by atoms with Crippen LogP contribution in [0.5, 0.6) is 5.75 Å². The van der Waals surface area contributed by atoms with Crippen LogP contribution in [-0.4, -0.2) is 52.0 Å². The summed E-state index contributed by atoms with van der Waals surface area (Å²) < 4.78 is 37.4. The minimum atomic E-state index is -3.56. The molecular formula is C14H20ClNO4S. The van der Waals surface area contributed by atoms with Gasteiger partial charge < -0.3 is 9.47 Å². The first-order valence-electron chi connectivity index (χ1n) is 6.79. The van der Waals surface area contributed by atoms with Crippen molar-refractivity contribution in [3.8, 4) is 5.75 Å². The van der Waals surface area contributed by atoms with E-state index in [1.165, 1.54) is 4.31 Å². The number of aryl methyl sites for hydroxylation is 1. The van der Waals surface area contributed by atoms with Crippen molar-refractivity contribution in [3.63, 3.8) is 0 Å². The third-order valence-corrected chi connectivity index (χ3v) is 5.91. The zero-order chi connectivity index (χ0) is 15.5. The van der Waals surface area contributed by atoms with E-state index in [0.29, 0.717) is 41.7 Å². The summed E-state index contributed by atoms with van der Waals surface area (Å²) >= 11 is 5.79. The van der Waals surface area contributed by atoms with Crippen LogP contribution in [-0.2, 0) is 21.2 Å². The van der Waals surface area contributed by atoms with Gasteiger partial charge in [-0.25, -0.2) is 8.42 Å². The first kappa shape index (κ1) is 16.5. The van der Waals surface area contributed by atoms with Crippen molar-refractivity contribution in [1.29, 1.82) is 0 Å². The monoisotopic (exact) mass is 333 g/mol. The summed E-state index contributed by atoms with van der Waals surface area (Å²) in [6, 6.07) is 4.86. The smallest absolute Gasteiger partial charge is 0.243 e. The normalized spacial score (nSPS) is 19.1. The highest BCUT2D eigenvalue weighted by Gasteiger charge is 2.32. The van der Waals surface area contributed by atoms with E-state index >= 15 is 0 Å². The average Bonchev–Trinajstić information content (AvgIpc) is 3.00. The SMILES string of the molecule is COc1ccc(S(=O)(=O)N(C)C2CCOC2)c(CCCl)c1. The Morgan fingerprint density at radius 3 is 2.81 bits per heavy atom. The number of methoxy groups -OCH3 is 1. The molecule has 1 unspecified atom stereocenters. The lowest BCUT2D eigenvalue weighted by Gasteiger charge is -2.24. The number of likely N-dealkylation sites (N-methyl/N-ethyl adjacent to an activating group) is 1. The zero-order valence-corrected chi connectivity index (χ0v) is 13.8. The molecule has 0 radical (unpaired) electrons. The second-order valence-electron chi connectivity index (χ2n) is 4.95. The third kappa shape index (κ3) is 3.51. The van der Waals surface area contributed by atoms with Gasteiger partial charge in [-0.15, -0.1) is 11.6 Å². The molecule has 118 valence electrons. The van der Waals surface area contributed by atoms with Crippen molar-refractivity contribution >= 4 is 21.6 Å². The van der Waals surface area contributed by atoms with Crippen molar-refractivity contribution < 1.29 is 17.9 Å². The first-order chi connectivity index (χ1) is 10.0. The molecule has 5 nitrogen and oxygen atoms in total. The van der Waals surface area contributed by atoms with Gasteiger partial charge >= 0.3 is 0 Å². The van der Waals surface area contributed by atoms with Gasteiger partial charge in [-0.05, 0) is 36.6 Å². The molecule has 1 aromatic rings. The number of benzene rings is 1. The van der Waals surface area contributed by atoms with E-state index in [4.69, 9.17) is 21.1 Å². The molecule has 0 aliphatic carbocycles. The number of rotatable bonds is 6. The number of hydrogen-bond acceptors (Lipinski definition) is 4. The van der Waals surface area contributed by atoms with Crippen LogP contribution in [0.1, 0.15) is 12.0 Å². The predicted molar refractivity (Wildman–Crippen MR) is 81.6 cm³/mol. The van der Waals surface area contributed by atoms with Crippen molar-refractivity contribution in [2.75, 3.05) is 33.3 Å². The summed E-state index contributed by atoms with van der Waals surface area (Å²) in [7, 11) is -0.409. The van der Waals surface area contributed by atoms with Gasteiger partial charge in [-0.3, -0.25) is 0 Å². The molecule has 1 aromatic carbocycles. The van der Waals surface area contributed by atoms with Gasteiger partial charge in [0.1, 0.15) is 5.75 Å². The Bertz CT molecular complexity index is 585. The number of hydrogen-bond donors (Lipinski definition) is 0. The maximum atomic E-state index is 12.8. The molecule has 1 aliphatic rings. The molecule has 0 saturated carbocycles. The van der Waals surface area contributed by atoms with Crippen LogP contribution in [0.4, 0.5) is 0 Å². The van der Waals surface area contributed by atoms with Crippen LogP contribution in [0.2, 0.25) is 0 Å². The van der Waals surface area contributed by atoms with Crippen molar-refractivity contribution in [2.45, 2.75) is 23.8 Å². The van der Waals surface area contributed by atoms with Gasteiger partial charge in [0.2, 0.25) is 10.0 Å². The maximum Gasteiger partial charge on any atom is 0.243 e. The molecule has 1 atom stereocenters. The van der Waals surface area contributed by atoms with E-state index in [1.54, 1.807) is 32.4 Å². The van der Waals surface area contributed by atoms with E-state index in [9.17, 15) is 8.42 Å². The number of sulfonamides is 1.